The topological polar surface area (TPSA) is 49.3 Å². The van der Waals surface area contributed by atoms with Gasteiger partial charge in [0.15, 0.2) is 0 Å². The lowest BCUT2D eigenvalue weighted by atomic mass is 10.2. The Balaban J connectivity index is 2.86. The van der Waals surface area contributed by atoms with Crippen LogP contribution in [-0.4, -0.2) is 23.8 Å². The maximum absolute atomic E-state index is 11.9. The van der Waals surface area contributed by atoms with Crippen LogP contribution in [0.15, 0.2) is 22.7 Å². The predicted octanol–water partition coefficient (Wildman–Crippen LogP) is 3.12. The Hall–Kier alpha value is -1.24. The van der Waals surface area contributed by atoms with Crippen molar-refractivity contribution >= 4 is 27.6 Å². The van der Waals surface area contributed by atoms with Gasteiger partial charge in [-0.1, -0.05) is 0 Å². The average Bonchev–Trinajstić information content (AvgIpc) is 2.14. The largest absolute Gasteiger partial charge is 0.478 e. The van der Waals surface area contributed by atoms with Gasteiger partial charge in [0, 0.05) is 10.2 Å². The Morgan fingerprint density at radius 3 is 2.56 bits per heavy atom. The molecule has 0 aliphatic carbocycles. The first kappa shape index (κ1) is 12.8. The molecular weight excluding hydrogens is 291 g/mol. The van der Waals surface area contributed by atoms with E-state index in [0.717, 1.165) is 6.07 Å². The Morgan fingerprint density at radius 2 is 2.06 bits per heavy atom. The fourth-order valence-corrected chi connectivity index (χ4v) is 1.38. The van der Waals surface area contributed by atoms with Crippen LogP contribution in [0.4, 0.5) is 18.9 Å². The van der Waals surface area contributed by atoms with E-state index in [1.165, 1.54) is 12.1 Å². The number of carbonyl (C=O) groups is 1. The molecule has 0 amide bonds. The number of nitrogens with one attached hydrogen (secondary N) is 1. The van der Waals surface area contributed by atoms with Gasteiger partial charge in [0.25, 0.3) is 0 Å². The smallest absolute Gasteiger partial charge is 0.405 e. The summed E-state index contributed by atoms with van der Waals surface area (Å²) in [4.78, 5) is 10.6. The number of hydrogen-bond donors (Lipinski definition) is 2. The van der Waals surface area contributed by atoms with Crippen LogP contribution in [0.2, 0.25) is 0 Å². The number of alkyl halides is 3. The Bertz CT molecular complexity index is 406. The summed E-state index contributed by atoms with van der Waals surface area (Å²) in [5, 5.41) is 10.8. The lowest BCUT2D eigenvalue weighted by Crippen LogP contribution is -2.21. The summed E-state index contributed by atoms with van der Waals surface area (Å²) < 4.78 is 36.2. The van der Waals surface area contributed by atoms with Crippen LogP contribution in [0, 0.1) is 0 Å². The molecule has 1 aromatic carbocycles. The summed E-state index contributed by atoms with van der Waals surface area (Å²) in [6.07, 6.45) is -4.35. The molecule has 88 valence electrons. The number of rotatable bonds is 3. The molecule has 0 aliphatic heterocycles. The first-order valence-electron chi connectivity index (χ1n) is 4.13. The molecular formula is C9H7BrF3NO2. The zero-order chi connectivity index (χ0) is 12.3. The van der Waals surface area contributed by atoms with Crippen molar-refractivity contribution in [3.63, 3.8) is 0 Å². The minimum Gasteiger partial charge on any atom is -0.478 e. The summed E-state index contributed by atoms with van der Waals surface area (Å²) in [6.45, 7) is -1.21. The molecule has 0 radical (unpaired) electrons. The van der Waals surface area contributed by atoms with E-state index in [0.29, 0.717) is 4.47 Å². The molecule has 0 unspecified atom stereocenters. The van der Waals surface area contributed by atoms with Crippen molar-refractivity contribution in [3.05, 3.63) is 28.2 Å². The third-order valence-corrected chi connectivity index (χ3v) is 2.38. The molecule has 0 atom stereocenters. The molecule has 2 N–H and O–H groups in total. The van der Waals surface area contributed by atoms with E-state index in [1.807, 2.05) is 0 Å². The number of carboxylic acids is 1. The van der Waals surface area contributed by atoms with E-state index in [1.54, 1.807) is 0 Å². The summed E-state index contributed by atoms with van der Waals surface area (Å²) in [5.74, 6) is -1.19. The van der Waals surface area contributed by atoms with Gasteiger partial charge in [-0.3, -0.25) is 0 Å². The summed E-state index contributed by atoms with van der Waals surface area (Å²) in [5.41, 5.74) is 0.0186. The molecule has 0 saturated carbocycles. The molecule has 1 rings (SSSR count). The van der Waals surface area contributed by atoms with Crippen LogP contribution in [0.1, 0.15) is 10.4 Å². The number of anilines is 1. The maximum Gasteiger partial charge on any atom is 0.405 e. The van der Waals surface area contributed by atoms with E-state index in [4.69, 9.17) is 5.11 Å². The van der Waals surface area contributed by atoms with Gasteiger partial charge in [-0.05, 0) is 34.1 Å². The highest BCUT2D eigenvalue weighted by molar-refractivity contribution is 9.10. The van der Waals surface area contributed by atoms with Crippen LogP contribution >= 0.6 is 15.9 Å². The highest BCUT2D eigenvalue weighted by Gasteiger charge is 2.27. The SMILES string of the molecule is O=C(O)c1ccc(Br)c(NCC(F)(F)F)c1. The number of halogens is 4. The van der Waals surface area contributed by atoms with Gasteiger partial charge in [-0.2, -0.15) is 13.2 Å². The second-order valence-corrected chi connectivity index (χ2v) is 3.82. The summed E-state index contributed by atoms with van der Waals surface area (Å²) in [6, 6.07) is 3.81. The molecule has 16 heavy (non-hydrogen) atoms. The highest BCUT2D eigenvalue weighted by Crippen LogP contribution is 2.25. The maximum atomic E-state index is 11.9. The van der Waals surface area contributed by atoms with E-state index in [2.05, 4.69) is 21.2 Å². The van der Waals surface area contributed by atoms with Crippen molar-refractivity contribution in [2.24, 2.45) is 0 Å². The van der Waals surface area contributed by atoms with Crippen molar-refractivity contribution in [2.45, 2.75) is 6.18 Å². The lowest BCUT2D eigenvalue weighted by molar-refractivity contribution is -0.115. The van der Waals surface area contributed by atoms with E-state index < -0.39 is 18.7 Å². The molecule has 0 aromatic heterocycles. The molecule has 0 spiro atoms. The standard InChI is InChI=1S/C9H7BrF3NO2/c10-6-2-1-5(8(15)16)3-7(6)14-4-9(11,12)13/h1-3,14H,4H2,(H,15,16). The van der Waals surface area contributed by atoms with Gasteiger partial charge in [0.05, 0.1) is 5.56 Å². The van der Waals surface area contributed by atoms with Gasteiger partial charge in [-0.15, -0.1) is 0 Å². The number of hydrogen-bond acceptors (Lipinski definition) is 2. The van der Waals surface area contributed by atoms with Crippen LogP contribution in [-0.2, 0) is 0 Å². The van der Waals surface area contributed by atoms with Crippen molar-refractivity contribution in [2.75, 3.05) is 11.9 Å². The second-order valence-electron chi connectivity index (χ2n) is 2.97. The zero-order valence-electron chi connectivity index (χ0n) is 7.81. The Kier molecular flexibility index (Phi) is 3.79. The van der Waals surface area contributed by atoms with Gasteiger partial charge >= 0.3 is 12.1 Å². The van der Waals surface area contributed by atoms with E-state index in [9.17, 15) is 18.0 Å². The van der Waals surface area contributed by atoms with Crippen LogP contribution in [0.3, 0.4) is 0 Å². The third-order valence-electron chi connectivity index (χ3n) is 1.69. The van der Waals surface area contributed by atoms with Gasteiger partial charge < -0.3 is 10.4 Å². The third kappa shape index (κ3) is 3.73. The minimum atomic E-state index is -4.35. The molecule has 3 nitrogen and oxygen atoms in total. The van der Waals surface area contributed by atoms with Crippen molar-refractivity contribution in [3.8, 4) is 0 Å². The van der Waals surface area contributed by atoms with Crippen molar-refractivity contribution in [1.82, 2.24) is 0 Å². The molecule has 0 aliphatic rings. The van der Waals surface area contributed by atoms with Gasteiger partial charge in [0.1, 0.15) is 6.54 Å². The normalized spacial score (nSPS) is 11.2. The van der Waals surface area contributed by atoms with Crippen molar-refractivity contribution < 1.29 is 23.1 Å². The molecule has 0 heterocycles. The fourth-order valence-electron chi connectivity index (χ4n) is 0.989. The molecule has 0 saturated heterocycles. The quantitative estimate of drug-likeness (QED) is 0.901. The lowest BCUT2D eigenvalue weighted by Gasteiger charge is -2.11. The van der Waals surface area contributed by atoms with Gasteiger partial charge in [-0.25, -0.2) is 4.79 Å². The second kappa shape index (κ2) is 4.73. The number of benzene rings is 1. The summed E-state index contributed by atoms with van der Waals surface area (Å²) >= 11 is 3.02. The fraction of sp³-hybridized carbons (Fsp3) is 0.222. The van der Waals surface area contributed by atoms with E-state index >= 15 is 0 Å². The molecule has 1 aromatic rings. The average molecular weight is 298 g/mol. The van der Waals surface area contributed by atoms with E-state index in [-0.39, 0.29) is 11.3 Å². The molecule has 7 heteroatoms. The van der Waals surface area contributed by atoms with Crippen LogP contribution in [0.5, 0.6) is 0 Å². The van der Waals surface area contributed by atoms with Crippen LogP contribution in [0.25, 0.3) is 0 Å². The zero-order valence-corrected chi connectivity index (χ0v) is 9.39. The minimum absolute atomic E-state index is 0.0760. The first-order valence-corrected chi connectivity index (χ1v) is 4.92. The number of carboxylic acid groups (broad SMARTS) is 1. The predicted molar refractivity (Wildman–Crippen MR) is 55.6 cm³/mol. The Morgan fingerprint density at radius 1 is 1.44 bits per heavy atom. The van der Waals surface area contributed by atoms with Crippen molar-refractivity contribution in [1.29, 1.82) is 0 Å². The van der Waals surface area contributed by atoms with Crippen LogP contribution < -0.4 is 5.32 Å². The monoisotopic (exact) mass is 297 g/mol. The molecule has 0 fully saturated rings. The Labute approximate surface area is 97.4 Å². The highest BCUT2D eigenvalue weighted by atomic mass is 79.9. The first-order chi connectivity index (χ1) is 7.29. The van der Waals surface area contributed by atoms with Gasteiger partial charge in [0.2, 0.25) is 0 Å². The summed E-state index contributed by atoms with van der Waals surface area (Å²) in [7, 11) is 0. The molecule has 0 bridgehead atoms. The number of aromatic carboxylic acids is 1.